The number of nitrogens with one attached hydrogen (secondary N) is 1. The Balaban J connectivity index is 0.00000176. The summed E-state index contributed by atoms with van der Waals surface area (Å²) in [4.78, 5) is 7.05. The molecule has 1 saturated carbocycles. The molecule has 4 nitrogen and oxygen atoms in total. The van der Waals surface area contributed by atoms with Gasteiger partial charge < -0.3 is 11.1 Å². The highest BCUT2D eigenvalue weighted by atomic mass is 127. The van der Waals surface area contributed by atoms with Gasteiger partial charge in [0.05, 0.1) is 6.54 Å². The van der Waals surface area contributed by atoms with E-state index in [1.807, 2.05) is 0 Å². The van der Waals surface area contributed by atoms with Crippen molar-refractivity contribution in [1.82, 2.24) is 10.2 Å². The Labute approximate surface area is 150 Å². The van der Waals surface area contributed by atoms with Gasteiger partial charge in [-0.3, -0.25) is 4.90 Å². The van der Waals surface area contributed by atoms with Crippen LogP contribution < -0.4 is 11.1 Å². The molecule has 1 aliphatic carbocycles. The Morgan fingerprint density at radius 2 is 1.82 bits per heavy atom. The van der Waals surface area contributed by atoms with Crippen LogP contribution in [-0.2, 0) is 13.1 Å². The van der Waals surface area contributed by atoms with Crippen LogP contribution in [0, 0.1) is 0 Å². The molecular weight excluding hydrogens is 387 g/mol. The maximum absolute atomic E-state index is 5.93. The highest BCUT2D eigenvalue weighted by Crippen LogP contribution is 2.19. The Kier molecular flexibility index (Phi) is 6.95. The van der Waals surface area contributed by atoms with E-state index >= 15 is 0 Å². The lowest BCUT2D eigenvalue weighted by Gasteiger charge is -2.27. The Hall–Kier alpha value is -0.820. The molecule has 0 spiro atoms. The molecule has 2 aliphatic rings. The minimum atomic E-state index is 0. The average Bonchev–Trinajstić information content (AvgIpc) is 3.31. The quantitative estimate of drug-likeness (QED) is 0.443. The first kappa shape index (κ1) is 17.5. The van der Waals surface area contributed by atoms with Crippen molar-refractivity contribution in [2.75, 3.05) is 13.1 Å². The fourth-order valence-corrected chi connectivity index (χ4v) is 2.88. The SMILES string of the molecule is I.NC(=NCc1ccccc1CN1CCCCC1)NC1CC1. The Morgan fingerprint density at radius 1 is 1.14 bits per heavy atom. The number of halogens is 1. The standard InChI is InChI=1S/C17H26N4.HI/c18-17(20-16-8-9-16)19-12-14-6-2-3-7-15(14)13-21-10-4-1-5-11-21;/h2-3,6-7,16H,1,4-5,8-13H2,(H3,18,19,20);1H. The third kappa shape index (κ3) is 5.43. The molecule has 3 N–H and O–H groups in total. The predicted octanol–water partition coefficient (Wildman–Crippen LogP) is 2.86. The van der Waals surface area contributed by atoms with Gasteiger partial charge in [-0.2, -0.15) is 0 Å². The molecule has 1 aromatic rings. The van der Waals surface area contributed by atoms with Gasteiger partial charge in [-0.05, 0) is 49.9 Å². The molecule has 122 valence electrons. The molecule has 0 atom stereocenters. The van der Waals surface area contributed by atoms with E-state index in [4.69, 9.17) is 5.73 Å². The van der Waals surface area contributed by atoms with Crippen LogP contribution in [0.25, 0.3) is 0 Å². The highest BCUT2D eigenvalue weighted by Gasteiger charge is 2.21. The fourth-order valence-electron chi connectivity index (χ4n) is 2.88. The third-order valence-electron chi connectivity index (χ3n) is 4.31. The van der Waals surface area contributed by atoms with E-state index in [-0.39, 0.29) is 24.0 Å². The molecule has 0 bridgehead atoms. The van der Waals surface area contributed by atoms with Crippen LogP contribution in [0.5, 0.6) is 0 Å². The molecule has 1 heterocycles. The summed E-state index contributed by atoms with van der Waals surface area (Å²) in [5, 5.41) is 3.24. The monoisotopic (exact) mass is 414 g/mol. The fraction of sp³-hybridized carbons (Fsp3) is 0.588. The lowest BCUT2D eigenvalue weighted by Crippen LogP contribution is -2.33. The van der Waals surface area contributed by atoms with Crippen LogP contribution in [0.1, 0.15) is 43.2 Å². The first-order chi connectivity index (χ1) is 10.3. The van der Waals surface area contributed by atoms with Gasteiger partial charge in [0.1, 0.15) is 0 Å². The van der Waals surface area contributed by atoms with Crippen LogP contribution in [0.2, 0.25) is 0 Å². The summed E-state index contributed by atoms with van der Waals surface area (Å²) >= 11 is 0. The van der Waals surface area contributed by atoms with E-state index in [1.54, 1.807) is 0 Å². The summed E-state index contributed by atoms with van der Waals surface area (Å²) in [5.74, 6) is 0.588. The number of hydrogen-bond acceptors (Lipinski definition) is 2. The first-order valence-electron chi connectivity index (χ1n) is 8.17. The topological polar surface area (TPSA) is 53.6 Å². The highest BCUT2D eigenvalue weighted by molar-refractivity contribution is 14.0. The van der Waals surface area contributed by atoms with E-state index in [1.165, 1.54) is 56.3 Å². The van der Waals surface area contributed by atoms with Crippen molar-refractivity contribution < 1.29 is 0 Å². The van der Waals surface area contributed by atoms with Crippen molar-refractivity contribution in [2.45, 2.75) is 51.2 Å². The zero-order valence-corrected chi connectivity index (χ0v) is 15.5. The number of nitrogens with zero attached hydrogens (tertiary/aromatic N) is 2. The van der Waals surface area contributed by atoms with E-state index < -0.39 is 0 Å². The van der Waals surface area contributed by atoms with Crippen molar-refractivity contribution in [3.63, 3.8) is 0 Å². The molecule has 3 rings (SSSR count). The van der Waals surface area contributed by atoms with Crippen LogP contribution in [0.15, 0.2) is 29.3 Å². The molecule has 1 aliphatic heterocycles. The van der Waals surface area contributed by atoms with Crippen LogP contribution in [0.4, 0.5) is 0 Å². The van der Waals surface area contributed by atoms with Crippen LogP contribution >= 0.6 is 24.0 Å². The van der Waals surface area contributed by atoms with Gasteiger partial charge in [0.2, 0.25) is 0 Å². The van der Waals surface area contributed by atoms with Gasteiger partial charge in [-0.1, -0.05) is 30.7 Å². The van der Waals surface area contributed by atoms with Gasteiger partial charge in [0, 0.05) is 12.6 Å². The summed E-state index contributed by atoms with van der Waals surface area (Å²) in [6.45, 7) is 4.17. The number of nitrogens with two attached hydrogens (primary N) is 1. The molecule has 2 fully saturated rings. The average molecular weight is 414 g/mol. The van der Waals surface area contributed by atoms with Crippen molar-refractivity contribution >= 4 is 29.9 Å². The van der Waals surface area contributed by atoms with Gasteiger partial charge in [-0.25, -0.2) is 4.99 Å². The second-order valence-corrected chi connectivity index (χ2v) is 6.23. The van der Waals surface area contributed by atoms with Gasteiger partial charge in [0.25, 0.3) is 0 Å². The van der Waals surface area contributed by atoms with E-state index in [9.17, 15) is 0 Å². The van der Waals surface area contributed by atoms with Crippen LogP contribution in [-0.4, -0.2) is 30.0 Å². The zero-order valence-electron chi connectivity index (χ0n) is 13.1. The van der Waals surface area contributed by atoms with Gasteiger partial charge in [-0.15, -0.1) is 24.0 Å². The smallest absolute Gasteiger partial charge is 0.189 e. The second kappa shape index (κ2) is 8.72. The maximum atomic E-state index is 5.93. The number of likely N-dealkylation sites (tertiary alicyclic amines) is 1. The molecule has 1 saturated heterocycles. The van der Waals surface area contributed by atoms with E-state index in [0.717, 1.165) is 6.54 Å². The summed E-state index contributed by atoms with van der Waals surface area (Å²) in [6.07, 6.45) is 6.49. The van der Waals surface area contributed by atoms with Gasteiger partial charge >= 0.3 is 0 Å². The summed E-state index contributed by atoms with van der Waals surface area (Å²) in [6, 6.07) is 9.18. The minimum Gasteiger partial charge on any atom is -0.370 e. The van der Waals surface area contributed by atoms with Crippen molar-refractivity contribution in [3.05, 3.63) is 35.4 Å². The largest absolute Gasteiger partial charge is 0.370 e. The molecule has 0 unspecified atom stereocenters. The van der Waals surface area contributed by atoms with Crippen molar-refractivity contribution in [3.8, 4) is 0 Å². The normalized spacial score (nSPS) is 19.5. The second-order valence-electron chi connectivity index (χ2n) is 6.23. The number of aliphatic imine (C=N–C) groups is 1. The van der Waals surface area contributed by atoms with Crippen molar-refractivity contribution in [1.29, 1.82) is 0 Å². The predicted molar refractivity (Wildman–Crippen MR) is 102 cm³/mol. The Morgan fingerprint density at radius 3 is 2.50 bits per heavy atom. The number of piperidine rings is 1. The summed E-state index contributed by atoms with van der Waals surface area (Å²) < 4.78 is 0. The van der Waals surface area contributed by atoms with E-state index in [0.29, 0.717) is 18.5 Å². The number of hydrogen-bond donors (Lipinski definition) is 2. The Bertz CT molecular complexity index is 493. The molecule has 1 aromatic carbocycles. The van der Waals surface area contributed by atoms with E-state index in [2.05, 4.69) is 39.5 Å². The molecular formula is C17H27IN4. The molecule has 5 heteroatoms. The van der Waals surface area contributed by atoms with Crippen molar-refractivity contribution in [2.24, 2.45) is 10.7 Å². The number of guanidine groups is 1. The molecule has 22 heavy (non-hydrogen) atoms. The summed E-state index contributed by atoms with van der Waals surface area (Å²) in [7, 11) is 0. The lowest BCUT2D eigenvalue weighted by atomic mass is 10.1. The molecule has 0 amide bonds. The minimum absolute atomic E-state index is 0. The summed E-state index contributed by atoms with van der Waals surface area (Å²) in [5.41, 5.74) is 8.61. The maximum Gasteiger partial charge on any atom is 0.189 e. The lowest BCUT2D eigenvalue weighted by molar-refractivity contribution is 0.220. The molecule has 0 radical (unpaired) electrons. The molecule has 0 aromatic heterocycles. The van der Waals surface area contributed by atoms with Gasteiger partial charge in [0.15, 0.2) is 5.96 Å². The number of rotatable bonds is 5. The van der Waals surface area contributed by atoms with Crippen LogP contribution in [0.3, 0.4) is 0 Å². The number of benzene rings is 1. The third-order valence-corrected chi connectivity index (χ3v) is 4.31. The zero-order chi connectivity index (χ0) is 14.5. The first-order valence-corrected chi connectivity index (χ1v) is 8.17.